The number of anilines is 1. The molecule has 6 nitrogen and oxygen atoms in total. The summed E-state index contributed by atoms with van der Waals surface area (Å²) in [5.41, 5.74) is 0.607. The average Bonchev–Trinajstić information content (AvgIpc) is 3.16. The summed E-state index contributed by atoms with van der Waals surface area (Å²) in [6.45, 7) is 3.59. The van der Waals surface area contributed by atoms with Gasteiger partial charge in [0.1, 0.15) is 17.2 Å². The van der Waals surface area contributed by atoms with Crippen LogP contribution in [0.5, 0.6) is 0 Å². The number of nitrogens with one attached hydrogen (secondary N) is 1. The molecule has 4 rings (SSSR count). The van der Waals surface area contributed by atoms with E-state index in [-0.39, 0.29) is 17.7 Å². The molecule has 1 aromatic heterocycles. The van der Waals surface area contributed by atoms with Crippen LogP contribution in [0, 0.1) is 6.92 Å². The summed E-state index contributed by atoms with van der Waals surface area (Å²) < 4.78 is 5.77. The predicted molar refractivity (Wildman–Crippen MR) is 86.4 cm³/mol. The van der Waals surface area contributed by atoms with Crippen LogP contribution in [0.15, 0.2) is 6.07 Å². The van der Waals surface area contributed by atoms with Crippen molar-refractivity contribution >= 4 is 11.9 Å². The van der Waals surface area contributed by atoms with Crippen molar-refractivity contribution in [2.75, 3.05) is 18.0 Å². The third-order valence-electron chi connectivity index (χ3n) is 5.24. The number of carbonyl (C=O) groups is 1. The minimum absolute atomic E-state index is 0.205. The molecule has 1 aromatic rings. The molecule has 3 fully saturated rings. The van der Waals surface area contributed by atoms with Crippen molar-refractivity contribution in [2.45, 2.75) is 63.5 Å². The Morgan fingerprint density at radius 1 is 1.26 bits per heavy atom. The standard InChI is InChI=1S/C17H24N4O2/c1-12-10-14(20-15(19-12)13-6-5-9-18-13)21-11-17(23-16(21)22)7-3-2-4-8-17/h10,13,18H,2-9,11H2,1H3/t13-/m1/s1. The molecule has 0 aromatic carbocycles. The highest BCUT2D eigenvalue weighted by molar-refractivity contribution is 5.89. The number of rotatable bonds is 2. The molecule has 1 spiro atoms. The first-order chi connectivity index (χ1) is 11.2. The lowest BCUT2D eigenvalue weighted by Gasteiger charge is -2.30. The summed E-state index contributed by atoms with van der Waals surface area (Å²) in [6.07, 6.45) is 7.40. The van der Waals surface area contributed by atoms with E-state index >= 15 is 0 Å². The van der Waals surface area contributed by atoms with Crippen LogP contribution in [0.3, 0.4) is 0 Å². The van der Waals surface area contributed by atoms with Crippen LogP contribution in [0.2, 0.25) is 0 Å². The molecule has 3 aliphatic rings. The quantitative estimate of drug-likeness (QED) is 0.908. The molecule has 6 heteroatoms. The molecule has 23 heavy (non-hydrogen) atoms. The maximum atomic E-state index is 12.4. The fourth-order valence-electron chi connectivity index (χ4n) is 4.03. The van der Waals surface area contributed by atoms with E-state index in [0.29, 0.717) is 12.4 Å². The van der Waals surface area contributed by atoms with E-state index < -0.39 is 0 Å². The molecule has 1 N–H and O–H groups in total. The third-order valence-corrected chi connectivity index (χ3v) is 5.24. The molecule has 0 bridgehead atoms. The zero-order valence-electron chi connectivity index (χ0n) is 13.7. The molecule has 1 saturated carbocycles. The van der Waals surface area contributed by atoms with Crippen LogP contribution in [0.25, 0.3) is 0 Å². The maximum absolute atomic E-state index is 12.4. The number of aryl methyl sites for hydroxylation is 1. The van der Waals surface area contributed by atoms with Crippen molar-refractivity contribution in [3.63, 3.8) is 0 Å². The number of aromatic nitrogens is 2. The summed E-state index contributed by atoms with van der Waals surface area (Å²) in [5, 5.41) is 3.43. The monoisotopic (exact) mass is 316 g/mol. The molecule has 124 valence electrons. The Labute approximate surface area is 136 Å². The molecular formula is C17H24N4O2. The van der Waals surface area contributed by atoms with Crippen LogP contribution in [0.4, 0.5) is 10.6 Å². The Bertz CT molecular complexity index is 607. The number of hydrogen-bond acceptors (Lipinski definition) is 5. The van der Waals surface area contributed by atoms with Gasteiger partial charge in [-0.3, -0.25) is 4.90 Å². The van der Waals surface area contributed by atoms with Crippen LogP contribution >= 0.6 is 0 Å². The summed E-state index contributed by atoms with van der Waals surface area (Å²) in [7, 11) is 0. The van der Waals surface area contributed by atoms with E-state index in [2.05, 4.69) is 15.3 Å². The lowest BCUT2D eigenvalue weighted by Crippen LogP contribution is -2.36. The second-order valence-corrected chi connectivity index (χ2v) is 7.07. The van der Waals surface area contributed by atoms with Crippen LogP contribution in [-0.4, -0.2) is 34.8 Å². The molecule has 1 atom stereocenters. The van der Waals surface area contributed by atoms with Crippen molar-refractivity contribution < 1.29 is 9.53 Å². The second kappa shape index (κ2) is 5.74. The maximum Gasteiger partial charge on any atom is 0.416 e. The number of ether oxygens (including phenoxy) is 1. The number of hydrogen-bond donors (Lipinski definition) is 1. The second-order valence-electron chi connectivity index (χ2n) is 7.07. The topological polar surface area (TPSA) is 67.3 Å². The van der Waals surface area contributed by atoms with Gasteiger partial charge in [0.05, 0.1) is 12.6 Å². The molecule has 0 radical (unpaired) electrons. The normalized spacial score (nSPS) is 26.7. The van der Waals surface area contributed by atoms with Crippen molar-refractivity contribution in [2.24, 2.45) is 0 Å². The van der Waals surface area contributed by atoms with Crippen molar-refractivity contribution in [1.82, 2.24) is 15.3 Å². The Hall–Kier alpha value is -1.69. The highest BCUT2D eigenvalue weighted by Gasteiger charge is 2.46. The van der Waals surface area contributed by atoms with E-state index in [1.54, 1.807) is 4.90 Å². The van der Waals surface area contributed by atoms with Gasteiger partial charge in [-0.05, 0) is 52.0 Å². The first-order valence-corrected chi connectivity index (χ1v) is 8.75. The molecular weight excluding hydrogens is 292 g/mol. The van der Waals surface area contributed by atoms with E-state index in [0.717, 1.165) is 56.6 Å². The van der Waals surface area contributed by atoms with Crippen LogP contribution < -0.4 is 10.2 Å². The van der Waals surface area contributed by atoms with Gasteiger partial charge in [-0.15, -0.1) is 0 Å². The van der Waals surface area contributed by atoms with Gasteiger partial charge < -0.3 is 10.1 Å². The van der Waals surface area contributed by atoms with Gasteiger partial charge in [0.15, 0.2) is 0 Å². The highest BCUT2D eigenvalue weighted by Crippen LogP contribution is 2.38. The Morgan fingerprint density at radius 2 is 2.09 bits per heavy atom. The van der Waals surface area contributed by atoms with Crippen molar-refractivity contribution in [3.05, 3.63) is 17.6 Å². The number of amides is 1. The van der Waals surface area contributed by atoms with Crippen molar-refractivity contribution in [1.29, 1.82) is 0 Å². The molecule has 2 aliphatic heterocycles. The van der Waals surface area contributed by atoms with E-state index in [4.69, 9.17) is 4.74 Å². The summed E-state index contributed by atoms with van der Waals surface area (Å²) in [4.78, 5) is 23.4. The van der Waals surface area contributed by atoms with Gasteiger partial charge in [0, 0.05) is 11.8 Å². The van der Waals surface area contributed by atoms with Gasteiger partial charge in [0.2, 0.25) is 0 Å². The van der Waals surface area contributed by atoms with Crippen LogP contribution in [-0.2, 0) is 4.74 Å². The predicted octanol–water partition coefficient (Wildman–Crippen LogP) is 2.87. The minimum atomic E-state index is -0.292. The van der Waals surface area contributed by atoms with E-state index in [9.17, 15) is 4.79 Å². The first kappa shape index (κ1) is 14.9. The molecule has 1 aliphatic carbocycles. The highest BCUT2D eigenvalue weighted by atomic mass is 16.6. The molecule has 1 amide bonds. The zero-order valence-corrected chi connectivity index (χ0v) is 13.7. The number of nitrogens with zero attached hydrogens (tertiary/aromatic N) is 3. The zero-order chi connectivity index (χ0) is 15.9. The van der Waals surface area contributed by atoms with Gasteiger partial charge in [0.25, 0.3) is 0 Å². The molecule has 3 heterocycles. The van der Waals surface area contributed by atoms with Gasteiger partial charge in [-0.2, -0.15) is 0 Å². The van der Waals surface area contributed by atoms with Crippen LogP contribution in [0.1, 0.15) is 62.5 Å². The summed E-state index contributed by atoms with van der Waals surface area (Å²) in [5.74, 6) is 1.49. The smallest absolute Gasteiger partial charge is 0.416 e. The minimum Gasteiger partial charge on any atom is -0.441 e. The lowest BCUT2D eigenvalue weighted by atomic mass is 9.85. The lowest BCUT2D eigenvalue weighted by molar-refractivity contribution is 0.0260. The Kier molecular flexibility index (Phi) is 3.71. The molecule has 0 unspecified atom stereocenters. The third kappa shape index (κ3) is 2.80. The van der Waals surface area contributed by atoms with Crippen molar-refractivity contribution in [3.8, 4) is 0 Å². The van der Waals surface area contributed by atoms with Gasteiger partial charge >= 0.3 is 6.09 Å². The fourth-order valence-corrected chi connectivity index (χ4v) is 4.03. The van der Waals surface area contributed by atoms with E-state index in [1.165, 1.54) is 6.42 Å². The summed E-state index contributed by atoms with van der Waals surface area (Å²) in [6, 6.07) is 2.09. The van der Waals surface area contributed by atoms with Gasteiger partial charge in [-0.1, -0.05) is 6.42 Å². The Balaban J connectivity index is 1.61. The van der Waals surface area contributed by atoms with E-state index in [1.807, 2.05) is 13.0 Å². The SMILES string of the molecule is Cc1cc(N2CC3(CCCCC3)OC2=O)nc([C@H]2CCCN2)n1. The largest absolute Gasteiger partial charge is 0.441 e. The Morgan fingerprint density at radius 3 is 2.83 bits per heavy atom. The number of carbonyl (C=O) groups excluding carboxylic acids is 1. The molecule has 2 saturated heterocycles. The first-order valence-electron chi connectivity index (χ1n) is 8.75. The average molecular weight is 316 g/mol. The van der Waals surface area contributed by atoms with Gasteiger partial charge in [-0.25, -0.2) is 14.8 Å². The summed E-state index contributed by atoms with van der Waals surface area (Å²) >= 11 is 0. The fraction of sp³-hybridized carbons (Fsp3) is 0.706.